The molecule has 292 valence electrons. The Bertz CT molecular complexity index is 2940. The van der Waals surface area contributed by atoms with Crippen molar-refractivity contribution in [3.05, 3.63) is 141 Å². The minimum absolute atomic E-state index is 0. The van der Waals surface area contributed by atoms with E-state index in [2.05, 4.69) is 10.3 Å². The zero-order valence-corrected chi connectivity index (χ0v) is 39.1. The molecule has 2 N–H and O–H groups in total. The molecular weight excluding hydrogens is 815 g/mol. The minimum atomic E-state index is -5.16. The number of benzene rings is 5. The van der Waals surface area contributed by atoms with E-state index >= 15 is 0 Å². The van der Waals surface area contributed by atoms with Crippen LogP contribution in [0, 0.1) is 5.41 Å². The number of rotatable bonds is 10. The second kappa shape index (κ2) is 16.8. The molecule has 0 saturated heterocycles. The van der Waals surface area contributed by atoms with Crippen molar-refractivity contribution in [1.82, 2.24) is 4.98 Å². The smallest absolute Gasteiger partial charge is 0.744 e. The number of carbonyl (C=O) groups is 2. The van der Waals surface area contributed by atoms with Gasteiger partial charge < -0.3 is 24.1 Å². The Balaban J connectivity index is 0.00000331. The van der Waals surface area contributed by atoms with Crippen molar-refractivity contribution in [2.45, 2.75) is 56.2 Å². The Kier molecular flexibility index (Phi) is 13.2. The second-order valence-electron chi connectivity index (χ2n) is 15.8. The Morgan fingerprint density at radius 2 is 1.34 bits per heavy atom. The van der Waals surface area contributed by atoms with E-state index < -0.39 is 52.6 Å². The van der Waals surface area contributed by atoms with Crippen LogP contribution in [0.3, 0.4) is 0 Å². The van der Waals surface area contributed by atoms with Crippen LogP contribution < -0.4 is 74.7 Å². The van der Waals surface area contributed by atoms with Crippen LogP contribution in [0.2, 0.25) is 0 Å². The third-order valence-electron chi connectivity index (χ3n) is 9.80. The summed E-state index contributed by atoms with van der Waals surface area (Å²) in [5, 5.41) is 3.17. The Morgan fingerprint density at radius 3 is 1.93 bits per heavy atom. The quantitative estimate of drug-likeness (QED) is 0.116. The Hall–Kier alpha value is -3.93. The Labute approximate surface area is 385 Å². The van der Waals surface area contributed by atoms with E-state index in [9.17, 15) is 40.3 Å². The minimum Gasteiger partial charge on any atom is -0.744 e. The number of pyridine rings is 1. The fourth-order valence-electron chi connectivity index (χ4n) is 7.73. The van der Waals surface area contributed by atoms with Gasteiger partial charge in [0.25, 0.3) is 5.56 Å². The molecule has 0 unspecified atom stereocenters. The SMILES string of the molecule is CC(C)(C)CC(C)(C)c1ccc(Oc2cc(Nc3ccc(S(=O)(=O)[O-])cc3)c3c4c(c(C(=O)c5ccccc5)c(=O)[nH]c24)-c2ccccc2C3=O)c(S(=O)(=O)[O-])c1.[Na+].[Na+]. The number of ketones is 2. The van der Waals surface area contributed by atoms with Crippen LogP contribution in [-0.2, 0) is 25.7 Å². The molecule has 1 aliphatic carbocycles. The van der Waals surface area contributed by atoms with Gasteiger partial charge in [-0.3, -0.25) is 14.4 Å². The van der Waals surface area contributed by atoms with Crippen molar-refractivity contribution in [3.63, 3.8) is 0 Å². The van der Waals surface area contributed by atoms with Crippen molar-refractivity contribution in [3.8, 4) is 22.6 Å². The number of fused-ring (bicyclic) bond motifs is 2. The normalized spacial score (nSPS) is 12.6. The van der Waals surface area contributed by atoms with Gasteiger partial charge in [0.2, 0.25) is 0 Å². The van der Waals surface area contributed by atoms with Crippen molar-refractivity contribution in [2.75, 3.05) is 5.32 Å². The van der Waals surface area contributed by atoms with E-state index in [-0.39, 0.29) is 132 Å². The number of aromatic amines is 1. The molecule has 0 aliphatic heterocycles. The van der Waals surface area contributed by atoms with E-state index in [1.54, 1.807) is 60.7 Å². The van der Waals surface area contributed by atoms with Gasteiger partial charge in [-0.25, -0.2) is 16.8 Å². The molecule has 16 heteroatoms. The first-order chi connectivity index (χ1) is 26.6. The maximum atomic E-state index is 14.5. The number of ether oxygens (including phenoxy) is 1. The van der Waals surface area contributed by atoms with Crippen LogP contribution in [0.15, 0.2) is 118 Å². The van der Waals surface area contributed by atoms with Crippen LogP contribution in [0.5, 0.6) is 11.5 Å². The predicted molar refractivity (Wildman–Crippen MR) is 213 cm³/mol. The van der Waals surface area contributed by atoms with E-state index in [4.69, 9.17) is 4.74 Å². The van der Waals surface area contributed by atoms with Gasteiger partial charge in [0.1, 0.15) is 26.0 Å². The molecular formula is C43H36N2Na2O10S2. The third kappa shape index (κ3) is 9.22. The van der Waals surface area contributed by atoms with Gasteiger partial charge in [0, 0.05) is 33.8 Å². The summed E-state index contributed by atoms with van der Waals surface area (Å²) in [6.07, 6.45) is 0.644. The zero-order valence-electron chi connectivity index (χ0n) is 33.4. The maximum absolute atomic E-state index is 14.5. The molecule has 0 amide bonds. The van der Waals surface area contributed by atoms with Crippen LogP contribution >= 0.6 is 0 Å². The molecule has 6 aromatic rings. The first-order valence-corrected chi connectivity index (χ1v) is 20.6. The first-order valence-electron chi connectivity index (χ1n) is 17.8. The topological polar surface area (TPSA) is 203 Å². The van der Waals surface area contributed by atoms with E-state index in [0.29, 0.717) is 12.0 Å². The number of anilines is 2. The molecule has 1 aliphatic rings. The maximum Gasteiger partial charge on any atom is 1.00 e. The summed E-state index contributed by atoms with van der Waals surface area (Å²) < 4.78 is 79.9. The molecule has 0 saturated carbocycles. The van der Waals surface area contributed by atoms with Crippen LogP contribution in [0.25, 0.3) is 22.0 Å². The fraction of sp³-hybridized carbons (Fsp3) is 0.186. The third-order valence-corrected chi connectivity index (χ3v) is 11.5. The van der Waals surface area contributed by atoms with Gasteiger partial charge in [0.15, 0.2) is 17.3 Å². The van der Waals surface area contributed by atoms with Gasteiger partial charge in [-0.2, -0.15) is 0 Å². The first kappa shape index (κ1) is 46.1. The summed E-state index contributed by atoms with van der Waals surface area (Å²) in [5.74, 6) is -1.69. The molecule has 1 aromatic heterocycles. The summed E-state index contributed by atoms with van der Waals surface area (Å²) in [5.41, 5.74) is -0.227. The van der Waals surface area contributed by atoms with Gasteiger partial charge in [-0.05, 0) is 64.8 Å². The zero-order chi connectivity index (χ0) is 41.2. The van der Waals surface area contributed by atoms with E-state index in [1.807, 2.05) is 34.6 Å². The Morgan fingerprint density at radius 1 is 0.729 bits per heavy atom. The van der Waals surface area contributed by atoms with Gasteiger partial charge >= 0.3 is 59.1 Å². The molecule has 0 radical (unpaired) electrons. The summed E-state index contributed by atoms with van der Waals surface area (Å²) in [7, 11) is -9.94. The molecule has 5 aromatic carbocycles. The average molecular weight is 851 g/mol. The molecule has 0 bridgehead atoms. The summed E-state index contributed by atoms with van der Waals surface area (Å²) in [6.45, 7) is 10.0. The molecule has 0 atom stereocenters. The summed E-state index contributed by atoms with van der Waals surface area (Å²) in [6, 6.07) is 25.0. The molecule has 7 rings (SSSR count). The monoisotopic (exact) mass is 850 g/mol. The number of H-pyrrole nitrogens is 1. The number of hydrogen-bond donors (Lipinski definition) is 2. The molecule has 12 nitrogen and oxygen atoms in total. The largest absolute Gasteiger partial charge is 1.00 e. The molecule has 0 fully saturated rings. The van der Waals surface area contributed by atoms with Crippen molar-refractivity contribution in [2.24, 2.45) is 5.41 Å². The molecule has 1 heterocycles. The number of hydrogen-bond acceptors (Lipinski definition) is 11. The fourth-order valence-corrected chi connectivity index (χ4v) is 8.83. The molecule has 0 spiro atoms. The number of carbonyl (C=O) groups excluding carboxylic acids is 2. The van der Waals surface area contributed by atoms with Gasteiger partial charge in [-0.1, -0.05) is 95.3 Å². The number of aromatic nitrogens is 1. The van der Waals surface area contributed by atoms with Gasteiger partial charge in [0.05, 0.1) is 32.1 Å². The number of nitrogens with one attached hydrogen (secondary N) is 2. The van der Waals surface area contributed by atoms with Crippen LogP contribution in [0.4, 0.5) is 11.4 Å². The standard InChI is InChI=1S/C43H38N2O10S2.2Na/c1-42(2,3)23-43(4,5)25-15-20-31(33(21-25)57(52,53)54)55-32-22-30(44-26-16-18-27(19-17-26)56(49,50)51)35-36-34(28-13-9-10-14-29(28)40(35)47)37(41(48)45-38(32)36)39(46)24-11-7-6-8-12-24;;/h6-22,44H,23H2,1-5H3,(H,45,48)(H,49,50,51)(H,52,53,54);;/q;2*+1/p-2. The average Bonchev–Trinajstić information content (AvgIpc) is 3.13. The van der Waals surface area contributed by atoms with Crippen LogP contribution in [0.1, 0.15) is 78.4 Å². The molecule has 59 heavy (non-hydrogen) atoms. The summed E-state index contributed by atoms with van der Waals surface area (Å²) in [4.78, 5) is 44.5. The van der Waals surface area contributed by atoms with Crippen molar-refractivity contribution < 1.29 is 99.4 Å². The summed E-state index contributed by atoms with van der Waals surface area (Å²) >= 11 is 0. The van der Waals surface area contributed by atoms with E-state index in [0.717, 1.165) is 12.1 Å². The van der Waals surface area contributed by atoms with E-state index in [1.165, 1.54) is 30.3 Å². The van der Waals surface area contributed by atoms with Gasteiger partial charge in [-0.15, -0.1) is 0 Å². The van der Waals surface area contributed by atoms with Crippen molar-refractivity contribution in [1.29, 1.82) is 0 Å². The van der Waals surface area contributed by atoms with Crippen LogP contribution in [-0.4, -0.2) is 42.5 Å². The second-order valence-corrected chi connectivity index (χ2v) is 18.5. The van der Waals surface area contributed by atoms with Crippen molar-refractivity contribution >= 4 is 54.1 Å². The predicted octanol–water partition coefficient (Wildman–Crippen LogP) is 2.04.